The second-order valence-corrected chi connectivity index (χ2v) is 5.66. The number of pyridine rings is 1. The van der Waals surface area contributed by atoms with E-state index in [1.54, 1.807) is 18.5 Å². The number of nitrogens with one attached hydrogen (secondary N) is 1. The molecule has 0 radical (unpaired) electrons. The van der Waals surface area contributed by atoms with Gasteiger partial charge in [0.2, 0.25) is 0 Å². The molecular formula is C17H16N4O3. The van der Waals surface area contributed by atoms with Crippen LogP contribution in [-0.4, -0.2) is 31.7 Å². The first-order valence-corrected chi connectivity index (χ1v) is 7.43. The van der Waals surface area contributed by atoms with Crippen LogP contribution in [0, 0.1) is 0 Å². The molecule has 2 N–H and O–H groups in total. The summed E-state index contributed by atoms with van der Waals surface area (Å²) in [5.74, 6) is -1.36. The Hall–Kier alpha value is -3.22. The predicted octanol–water partition coefficient (Wildman–Crippen LogP) is 2.96. The van der Waals surface area contributed by atoms with Gasteiger partial charge in [-0.1, -0.05) is 0 Å². The zero-order valence-corrected chi connectivity index (χ0v) is 13.2. The lowest BCUT2D eigenvalue weighted by Gasteiger charge is -2.08. The van der Waals surface area contributed by atoms with E-state index in [1.807, 2.05) is 18.5 Å². The molecule has 0 spiro atoms. The molecule has 2 heterocycles. The molecule has 1 aromatic carbocycles. The van der Waals surface area contributed by atoms with Crippen LogP contribution < -0.4 is 5.32 Å². The summed E-state index contributed by atoms with van der Waals surface area (Å²) in [7, 11) is 0. The maximum Gasteiger partial charge on any atom is 0.335 e. The van der Waals surface area contributed by atoms with Gasteiger partial charge in [-0.3, -0.25) is 4.79 Å². The summed E-state index contributed by atoms with van der Waals surface area (Å²) in [5.41, 5.74) is 1.82. The number of aromatic nitrogens is 3. The van der Waals surface area contributed by atoms with Crippen molar-refractivity contribution in [3.63, 3.8) is 0 Å². The number of benzene rings is 1. The lowest BCUT2D eigenvalue weighted by molar-refractivity contribution is 0.0696. The Bertz CT molecular complexity index is 913. The van der Waals surface area contributed by atoms with Crippen molar-refractivity contribution in [2.24, 2.45) is 0 Å². The molecule has 0 bridgehead atoms. The average molecular weight is 324 g/mol. The molecule has 3 rings (SSSR count). The number of carbonyl (C=O) groups is 2. The molecular weight excluding hydrogens is 308 g/mol. The van der Waals surface area contributed by atoms with Gasteiger partial charge in [0, 0.05) is 17.0 Å². The van der Waals surface area contributed by atoms with E-state index in [4.69, 9.17) is 5.11 Å². The number of amides is 1. The van der Waals surface area contributed by atoms with E-state index in [2.05, 4.69) is 15.4 Å². The fourth-order valence-corrected chi connectivity index (χ4v) is 2.35. The Morgan fingerprint density at radius 1 is 1.12 bits per heavy atom. The van der Waals surface area contributed by atoms with Crippen LogP contribution in [0.4, 0.5) is 5.69 Å². The van der Waals surface area contributed by atoms with Gasteiger partial charge < -0.3 is 10.4 Å². The molecule has 0 atom stereocenters. The maximum absolute atomic E-state index is 12.2. The van der Waals surface area contributed by atoms with Crippen molar-refractivity contribution in [3.8, 4) is 0 Å². The fraction of sp³-hybridized carbons (Fsp3) is 0.176. The van der Waals surface area contributed by atoms with Crippen molar-refractivity contribution >= 4 is 28.6 Å². The first kappa shape index (κ1) is 15.7. The molecule has 3 aromatic rings. The first-order chi connectivity index (χ1) is 11.5. The minimum atomic E-state index is -1.03. The Labute approximate surface area is 137 Å². The van der Waals surface area contributed by atoms with Gasteiger partial charge in [-0.05, 0) is 44.2 Å². The van der Waals surface area contributed by atoms with E-state index >= 15 is 0 Å². The standard InChI is InChI=1S/C17H16N4O3/c1-10(2)21-15-13(8-19-21)7-14(9-18-15)20-16(22)11-3-5-12(6-4-11)17(23)24/h3-10H,1-2H3,(H,20,22)(H,23,24). The number of carboxylic acid groups (broad SMARTS) is 1. The molecule has 0 saturated carbocycles. The van der Waals surface area contributed by atoms with Gasteiger partial charge in [0.05, 0.1) is 23.6 Å². The van der Waals surface area contributed by atoms with E-state index < -0.39 is 5.97 Å². The van der Waals surface area contributed by atoms with Gasteiger partial charge in [0.15, 0.2) is 5.65 Å². The number of carboxylic acids is 1. The van der Waals surface area contributed by atoms with E-state index in [1.165, 1.54) is 24.3 Å². The van der Waals surface area contributed by atoms with E-state index in [9.17, 15) is 9.59 Å². The third-order valence-electron chi connectivity index (χ3n) is 3.57. The number of rotatable bonds is 4. The minimum absolute atomic E-state index is 0.135. The zero-order chi connectivity index (χ0) is 17.3. The van der Waals surface area contributed by atoms with Crippen LogP contribution in [0.5, 0.6) is 0 Å². The third kappa shape index (κ3) is 2.96. The SMILES string of the molecule is CC(C)n1ncc2cc(NC(=O)c3ccc(C(=O)O)cc3)cnc21. The topological polar surface area (TPSA) is 97.1 Å². The molecule has 0 unspecified atom stereocenters. The first-order valence-electron chi connectivity index (χ1n) is 7.43. The number of aromatic carboxylic acids is 1. The van der Waals surface area contributed by atoms with Crippen molar-refractivity contribution in [2.75, 3.05) is 5.32 Å². The molecule has 7 nitrogen and oxygen atoms in total. The van der Waals surface area contributed by atoms with Crippen LogP contribution >= 0.6 is 0 Å². The smallest absolute Gasteiger partial charge is 0.335 e. The second-order valence-electron chi connectivity index (χ2n) is 5.66. The lowest BCUT2D eigenvalue weighted by atomic mass is 10.1. The second kappa shape index (κ2) is 6.11. The van der Waals surface area contributed by atoms with Gasteiger partial charge >= 0.3 is 5.97 Å². The highest BCUT2D eigenvalue weighted by atomic mass is 16.4. The van der Waals surface area contributed by atoms with E-state index in [0.717, 1.165) is 11.0 Å². The monoisotopic (exact) mass is 324 g/mol. The largest absolute Gasteiger partial charge is 0.478 e. The molecule has 1 amide bonds. The van der Waals surface area contributed by atoms with Gasteiger partial charge in [-0.25, -0.2) is 14.5 Å². The summed E-state index contributed by atoms with van der Waals surface area (Å²) >= 11 is 0. The van der Waals surface area contributed by atoms with Crippen LogP contribution in [0.2, 0.25) is 0 Å². The third-order valence-corrected chi connectivity index (χ3v) is 3.57. The normalized spacial score (nSPS) is 11.0. The van der Waals surface area contributed by atoms with E-state index in [-0.39, 0.29) is 17.5 Å². The minimum Gasteiger partial charge on any atom is -0.478 e. The van der Waals surface area contributed by atoms with Gasteiger partial charge in [0.25, 0.3) is 5.91 Å². The summed E-state index contributed by atoms with van der Waals surface area (Å²) in [6.07, 6.45) is 3.28. The van der Waals surface area contributed by atoms with Crippen LogP contribution in [0.1, 0.15) is 40.6 Å². The average Bonchev–Trinajstić information content (AvgIpc) is 2.98. The fourth-order valence-electron chi connectivity index (χ4n) is 2.35. The van der Waals surface area contributed by atoms with Crippen LogP contribution in [-0.2, 0) is 0 Å². The van der Waals surface area contributed by atoms with Gasteiger partial charge in [-0.15, -0.1) is 0 Å². The van der Waals surface area contributed by atoms with Crippen molar-refractivity contribution in [3.05, 3.63) is 53.9 Å². The van der Waals surface area contributed by atoms with Crippen LogP contribution in [0.25, 0.3) is 11.0 Å². The summed E-state index contributed by atoms with van der Waals surface area (Å²) in [6.45, 7) is 4.04. The zero-order valence-electron chi connectivity index (χ0n) is 13.2. The Morgan fingerprint density at radius 3 is 2.42 bits per heavy atom. The molecule has 122 valence electrons. The summed E-state index contributed by atoms with van der Waals surface area (Å²) in [5, 5.41) is 16.7. The molecule has 2 aromatic heterocycles. The van der Waals surface area contributed by atoms with Crippen molar-refractivity contribution in [1.29, 1.82) is 0 Å². The van der Waals surface area contributed by atoms with Crippen LogP contribution in [0.15, 0.2) is 42.7 Å². The Kier molecular flexibility index (Phi) is 3.99. The highest BCUT2D eigenvalue weighted by molar-refractivity contribution is 6.05. The number of nitrogens with zero attached hydrogens (tertiary/aromatic N) is 3. The Balaban J connectivity index is 1.81. The summed E-state index contributed by atoms with van der Waals surface area (Å²) in [4.78, 5) is 27.4. The van der Waals surface area contributed by atoms with Gasteiger partial charge in [-0.2, -0.15) is 5.10 Å². The highest BCUT2D eigenvalue weighted by Crippen LogP contribution is 2.19. The lowest BCUT2D eigenvalue weighted by Crippen LogP contribution is -2.12. The number of hydrogen-bond acceptors (Lipinski definition) is 4. The number of anilines is 1. The predicted molar refractivity (Wildman–Crippen MR) is 89.3 cm³/mol. The number of hydrogen-bond donors (Lipinski definition) is 2. The van der Waals surface area contributed by atoms with Gasteiger partial charge in [0.1, 0.15) is 0 Å². The molecule has 24 heavy (non-hydrogen) atoms. The van der Waals surface area contributed by atoms with Crippen LogP contribution in [0.3, 0.4) is 0 Å². The van der Waals surface area contributed by atoms with Crippen molar-refractivity contribution in [1.82, 2.24) is 14.8 Å². The number of carbonyl (C=O) groups excluding carboxylic acids is 1. The quantitative estimate of drug-likeness (QED) is 0.769. The Morgan fingerprint density at radius 2 is 1.79 bits per heavy atom. The summed E-state index contributed by atoms with van der Waals surface area (Å²) < 4.78 is 1.81. The van der Waals surface area contributed by atoms with E-state index in [0.29, 0.717) is 11.3 Å². The maximum atomic E-state index is 12.2. The highest BCUT2D eigenvalue weighted by Gasteiger charge is 2.11. The number of fused-ring (bicyclic) bond motifs is 1. The van der Waals surface area contributed by atoms with Crippen molar-refractivity contribution in [2.45, 2.75) is 19.9 Å². The molecule has 0 fully saturated rings. The molecule has 0 aliphatic rings. The molecule has 7 heteroatoms. The molecule has 0 aliphatic heterocycles. The molecule has 0 saturated heterocycles. The summed E-state index contributed by atoms with van der Waals surface area (Å²) in [6, 6.07) is 7.74. The molecule has 0 aliphatic carbocycles. The van der Waals surface area contributed by atoms with Crippen molar-refractivity contribution < 1.29 is 14.7 Å².